The van der Waals surface area contributed by atoms with Crippen molar-refractivity contribution in [2.24, 2.45) is 5.41 Å². The molecule has 0 aromatic heterocycles. The number of nitrogens with zero attached hydrogens (tertiary/aromatic N) is 1. The van der Waals surface area contributed by atoms with E-state index in [1.54, 1.807) is 37.4 Å². The molecule has 1 fully saturated rings. The van der Waals surface area contributed by atoms with E-state index in [-0.39, 0.29) is 24.8 Å². The molecule has 1 saturated heterocycles. The highest BCUT2D eigenvalue weighted by Gasteiger charge is 2.75. The van der Waals surface area contributed by atoms with Gasteiger partial charge in [-0.3, -0.25) is 14.5 Å². The van der Waals surface area contributed by atoms with Gasteiger partial charge in [0.15, 0.2) is 5.78 Å². The Morgan fingerprint density at radius 2 is 1.66 bits per heavy atom. The van der Waals surface area contributed by atoms with Crippen molar-refractivity contribution in [3.05, 3.63) is 95.1 Å². The topological polar surface area (TPSA) is 58.6 Å². The van der Waals surface area contributed by atoms with Crippen molar-refractivity contribution < 1.29 is 27.5 Å². The van der Waals surface area contributed by atoms with Gasteiger partial charge in [-0.05, 0) is 42.9 Å². The molecule has 0 radical (unpaired) electrons. The number of likely N-dealkylation sites (tertiary alicyclic amines) is 1. The first kappa shape index (κ1) is 21.9. The summed E-state index contributed by atoms with van der Waals surface area (Å²) < 4.78 is 45.9. The second-order valence-corrected chi connectivity index (χ2v) is 9.35. The fourth-order valence-corrected chi connectivity index (χ4v) is 6.32. The molecular formula is C27H21F3N2O3. The van der Waals surface area contributed by atoms with Gasteiger partial charge in [-0.1, -0.05) is 42.5 Å². The number of Topliss-reactive ketones (excluding diaryl/α,β-unsaturated/α-hetero) is 1. The van der Waals surface area contributed by atoms with E-state index in [0.717, 1.165) is 12.1 Å². The van der Waals surface area contributed by atoms with Crippen LogP contribution < -0.4 is 10.1 Å². The number of alkyl halides is 3. The zero-order chi connectivity index (χ0) is 24.6. The Morgan fingerprint density at radius 3 is 2.40 bits per heavy atom. The summed E-state index contributed by atoms with van der Waals surface area (Å²) in [4.78, 5) is 30.1. The van der Waals surface area contributed by atoms with Gasteiger partial charge < -0.3 is 10.1 Å². The number of rotatable bonds is 1. The number of hydrogen-bond donors (Lipinski definition) is 1. The summed E-state index contributed by atoms with van der Waals surface area (Å²) in [7, 11) is 1.78. The van der Waals surface area contributed by atoms with Gasteiger partial charge in [0, 0.05) is 23.7 Å². The lowest BCUT2D eigenvalue weighted by Gasteiger charge is -2.47. The van der Waals surface area contributed by atoms with Gasteiger partial charge in [-0.2, -0.15) is 13.2 Å². The Labute approximate surface area is 199 Å². The van der Waals surface area contributed by atoms with E-state index in [1.807, 2.05) is 23.1 Å². The van der Waals surface area contributed by atoms with Crippen molar-refractivity contribution in [2.75, 3.05) is 25.5 Å². The highest BCUT2D eigenvalue weighted by Crippen LogP contribution is 2.64. The van der Waals surface area contributed by atoms with Gasteiger partial charge in [-0.25, -0.2) is 0 Å². The number of anilines is 1. The molecular weight excluding hydrogens is 457 g/mol. The van der Waals surface area contributed by atoms with Crippen LogP contribution >= 0.6 is 0 Å². The second kappa shape index (κ2) is 7.18. The first-order valence-corrected chi connectivity index (χ1v) is 11.3. The highest BCUT2D eigenvalue weighted by molar-refractivity contribution is 6.15. The molecule has 3 aliphatic rings. The van der Waals surface area contributed by atoms with E-state index in [9.17, 15) is 22.8 Å². The molecule has 0 bridgehead atoms. The maximum absolute atomic E-state index is 14.4. The Balaban J connectivity index is 1.61. The molecule has 2 spiro atoms. The molecule has 1 N–H and O–H groups in total. The molecule has 8 heteroatoms. The monoisotopic (exact) mass is 478 g/mol. The molecule has 0 saturated carbocycles. The number of nitrogens with one attached hydrogen (secondary N) is 1. The van der Waals surface area contributed by atoms with Crippen LogP contribution in [0.25, 0.3) is 0 Å². The maximum atomic E-state index is 14.4. The number of ether oxygens (including phenoxy) is 1. The first-order valence-electron chi connectivity index (χ1n) is 11.3. The number of benzene rings is 3. The number of amides is 1. The molecule has 3 heterocycles. The van der Waals surface area contributed by atoms with E-state index in [1.165, 1.54) is 12.1 Å². The van der Waals surface area contributed by atoms with Gasteiger partial charge >= 0.3 is 6.18 Å². The number of halogens is 3. The number of carbonyl (C=O) groups is 2. The summed E-state index contributed by atoms with van der Waals surface area (Å²) in [6.45, 7) is 0.199. The van der Waals surface area contributed by atoms with Gasteiger partial charge in [-0.15, -0.1) is 0 Å². The van der Waals surface area contributed by atoms with Crippen molar-refractivity contribution in [1.82, 2.24) is 4.90 Å². The fourth-order valence-electron chi connectivity index (χ4n) is 6.32. The highest BCUT2D eigenvalue weighted by atomic mass is 19.4. The lowest BCUT2D eigenvalue weighted by atomic mass is 9.57. The van der Waals surface area contributed by atoms with Crippen molar-refractivity contribution in [3.8, 4) is 5.75 Å². The van der Waals surface area contributed by atoms with Crippen LogP contribution in [0.2, 0.25) is 0 Å². The predicted molar refractivity (Wildman–Crippen MR) is 122 cm³/mol. The van der Waals surface area contributed by atoms with Crippen LogP contribution in [0.4, 0.5) is 18.9 Å². The second-order valence-electron chi connectivity index (χ2n) is 9.35. The van der Waals surface area contributed by atoms with Crippen LogP contribution in [0.5, 0.6) is 5.75 Å². The molecule has 3 aromatic rings. The minimum atomic E-state index is -4.48. The quantitative estimate of drug-likeness (QED) is 0.544. The Bertz CT molecular complexity index is 1370. The summed E-state index contributed by atoms with van der Waals surface area (Å²) in [5.41, 5.74) is -1.36. The molecule has 5 nitrogen and oxygen atoms in total. The minimum Gasteiger partial charge on any atom is -0.492 e. The number of carbonyl (C=O) groups excluding carboxylic acids is 2. The third kappa shape index (κ3) is 2.68. The normalized spacial score (nSPS) is 27.6. The van der Waals surface area contributed by atoms with Gasteiger partial charge in [0.2, 0.25) is 0 Å². The molecule has 6 rings (SSSR count). The van der Waals surface area contributed by atoms with E-state index in [0.29, 0.717) is 28.1 Å². The van der Waals surface area contributed by atoms with Crippen LogP contribution in [0.15, 0.2) is 72.8 Å². The molecule has 35 heavy (non-hydrogen) atoms. The Kier molecular flexibility index (Phi) is 4.48. The third-order valence-electron chi connectivity index (χ3n) is 7.80. The maximum Gasteiger partial charge on any atom is 0.416 e. The Hall–Kier alpha value is -3.65. The van der Waals surface area contributed by atoms with Crippen molar-refractivity contribution >= 4 is 17.4 Å². The minimum absolute atomic E-state index is 0.0827. The molecule has 0 aliphatic carbocycles. The fraction of sp³-hybridized carbons (Fsp3) is 0.259. The molecule has 3 aromatic carbocycles. The summed E-state index contributed by atoms with van der Waals surface area (Å²) in [5, 5.41) is 2.94. The molecule has 3 aliphatic heterocycles. The van der Waals surface area contributed by atoms with E-state index >= 15 is 0 Å². The zero-order valence-electron chi connectivity index (χ0n) is 18.7. The van der Waals surface area contributed by atoms with Gasteiger partial charge in [0.25, 0.3) is 5.91 Å². The van der Waals surface area contributed by atoms with Crippen LogP contribution in [0.3, 0.4) is 0 Å². The van der Waals surface area contributed by atoms with Crippen LogP contribution in [0, 0.1) is 5.41 Å². The summed E-state index contributed by atoms with van der Waals surface area (Å²) in [6.07, 6.45) is -4.48. The largest absolute Gasteiger partial charge is 0.492 e. The molecule has 0 unspecified atom stereocenters. The smallest absolute Gasteiger partial charge is 0.416 e. The lowest BCUT2D eigenvalue weighted by molar-refractivity contribution is -0.137. The number of ketones is 1. The first-order chi connectivity index (χ1) is 16.7. The average molecular weight is 478 g/mol. The molecule has 3 atom stereocenters. The van der Waals surface area contributed by atoms with Crippen LogP contribution in [0.1, 0.15) is 33.0 Å². The van der Waals surface area contributed by atoms with Gasteiger partial charge in [0.1, 0.15) is 23.3 Å². The summed E-state index contributed by atoms with van der Waals surface area (Å²) in [6, 6.07) is 19.0. The SMILES string of the molecule is CN1C[C@H](c2ccc(C(F)(F)F)cc2)[C@@]2(COc3ccccc3C2=O)[C@]12C(=O)Nc1ccccc12. The number of fused-ring (bicyclic) bond motifs is 4. The van der Waals surface area contributed by atoms with Crippen molar-refractivity contribution in [3.63, 3.8) is 0 Å². The summed E-state index contributed by atoms with van der Waals surface area (Å²) in [5.74, 6) is -0.745. The Morgan fingerprint density at radius 1 is 0.971 bits per heavy atom. The average Bonchev–Trinajstić information content (AvgIpc) is 3.29. The molecule has 1 amide bonds. The van der Waals surface area contributed by atoms with Crippen LogP contribution in [-0.2, 0) is 16.5 Å². The van der Waals surface area contributed by atoms with Gasteiger partial charge in [0.05, 0.1) is 11.1 Å². The summed E-state index contributed by atoms with van der Waals surface area (Å²) >= 11 is 0. The predicted octanol–water partition coefficient (Wildman–Crippen LogP) is 4.84. The van der Waals surface area contributed by atoms with Crippen molar-refractivity contribution in [2.45, 2.75) is 17.6 Å². The van der Waals surface area contributed by atoms with Crippen LogP contribution in [-0.4, -0.2) is 36.8 Å². The van der Waals surface area contributed by atoms with E-state index < -0.39 is 28.6 Å². The number of likely N-dealkylation sites (N-methyl/N-ethyl adjacent to an activating group) is 1. The number of para-hydroxylation sites is 2. The lowest BCUT2D eigenvalue weighted by Crippen LogP contribution is -2.62. The standard InChI is InChI=1S/C27H21F3N2O3/c1-32-14-20(16-10-12-17(13-11-16)27(28,29)30)25(15-35-22-9-5-2-6-18(22)23(25)33)26(32)19-7-3-4-8-21(19)31-24(26)34/h2-13,20H,14-15H2,1H3,(H,31,34)/t20-,25-,26+/m1/s1. The zero-order valence-corrected chi connectivity index (χ0v) is 18.7. The third-order valence-corrected chi connectivity index (χ3v) is 7.80. The van der Waals surface area contributed by atoms with E-state index in [4.69, 9.17) is 4.74 Å². The van der Waals surface area contributed by atoms with Crippen molar-refractivity contribution in [1.29, 1.82) is 0 Å². The van der Waals surface area contributed by atoms with E-state index in [2.05, 4.69) is 5.32 Å². The molecule has 178 valence electrons. The number of hydrogen-bond acceptors (Lipinski definition) is 4.